The fourth-order valence-corrected chi connectivity index (χ4v) is 3.77. The molecule has 2 aromatic rings. The SMILES string of the molecule is O=C1[C@H]2CN(Cc3ccc(F)cc3)C[C@H]2CN1c1ccccc1. The van der Waals surface area contributed by atoms with E-state index in [0.717, 1.165) is 37.4 Å². The van der Waals surface area contributed by atoms with Crippen molar-refractivity contribution in [2.24, 2.45) is 11.8 Å². The van der Waals surface area contributed by atoms with E-state index >= 15 is 0 Å². The van der Waals surface area contributed by atoms with Crippen LogP contribution in [0.3, 0.4) is 0 Å². The predicted molar refractivity (Wildman–Crippen MR) is 87.5 cm³/mol. The number of nitrogens with zero attached hydrogens (tertiary/aromatic N) is 2. The molecule has 0 radical (unpaired) electrons. The molecule has 2 fully saturated rings. The van der Waals surface area contributed by atoms with Crippen LogP contribution >= 0.6 is 0 Å². The first kappa shape index (κ1) is 14.4. The number of carbonyl (C=O) groups excluding carboxylic acids is 1. The molecule has 0 N–H and O–H groups in total. The lowest BCUT2D eigenvalue weighted by atomic mass is 10.0. The van der Waals surface area contributed by atoms with E-state index in [1.807, 2.05) is 47.4 Å². The first-order chi connectivity index (χ1) is 11.2. The number of rotatable bonds is 3. The van der Waals surface area contributed by atoms with Gasteiger partial charge in [0, 0.05) is 37.8 Å². The molecule has 2 heterocycles. The molecule has 2 aliphatic heterocycles. The summed E-state index contributed by atoms with van der Waals surface area (Å²) in [5, 5.41) is 0. The van der Waals surface area contributed by atoms with Crippen LogP contribution in [0, 0.1) is 17.7 Å². The Labute approximate surface area is 135 Å². The van der Waals surface area contributed by atoms with Gasteiger partial charge in [-0.05, 0) is 29.8 Å². The van der Waals surface area contributed by atoms with E-state index < -0.39 is 0 Å². The Kier molecular flexibility index (Phi) is 3.62. The summed E-state index contributed by atoms with van der Waals surface area (Å²) < 4.78 is 13.0. The molecule has 2 aliphatic rings. The second-order valence-corrected chi connectivity index (χ2v) is 6.47. The number of likely N-dealkylation sites (tertiary alicyclic amines) is 1. The Morgan fingerprint density at radius 1 is 0.957 bits per heavy atom. The smallest absolute Gasteiger partial charge is 0.231 e. The van der Waals surface area contributed by atoms with Crippen molar-refractivity contribution in [1.29, 1.82) is 0 Å². The van der Waals surface area contributed by atoms with E-state index in [0.29, 0.717) is 5.92 Å². The van der Waals surface area contributed by atoms with Crippen LogP contribution in [0.25, 0.3) is 0 Å². The normalized spacial score (nSPS) is 24.2. The molecule has 2 atom stereocenters. The van der Waals surface area contributed by atoms with Gasteiger partial charge in [-0.1, -0.05) is 30.3 Å². The maximum absolute atomic E-state index is 13.0. The lowest BCUT2D eigenvalue weighted by Crippen LogP contribution is -2.32. The minimum absolute atomic E-state index is 0.0932. The fourth-order valence-electron chi connectivity index (χ4n) is 3.77. The van der Waals surface area contributed by atoms with Crippen molar-refractivity contribution in [2.75, 3.05) is 24.5 Å². The maximum Gasteiger partial charge on any atom is 0.231 e. The van der Waals surface area contributed by atoms with E-state index in [2.05, 4.69) is 4.90 Å². The standard InChI is InChI=1S/C19H19FN2O/c20-16-8-6-14(7-9-16)10-21-11-15-12-22(19(23)18(15)13-21)17-4-2-1-3-5-17/h1-9,15,18H,10-13H2/t15-,18-/m0/s1. The highest BCUT2D eigenvalue weighted by atomic mass is 19.1. The Balaban J connectivity index is 1.43. The lowest BCUT2D eigenvalue weighted by Gasteiger charge is -2.21. The average molecular weight is 310 g/mol. The van der Waals surface area contributed by atoms with Gasteiger partial charge in [0.2, 0.25) is 5.91 Å². The van der Waals surface area contributed by atoms with E-state index in [4.69, 9.17) is 0 Å². The van der Waals surface area contributed by atoms with Crippen molar-refractivity contribution >= 4 is 11.6 Å². The minimum atomic E-state index is -0.208. The average Bonchev–Trinajstić information content (AvgIpc) is 3.10. The number of hydrogen-bond acceptors (Lipinski definition) is 2. The molecule has 23 heavy (non-hydrogen) atoms. The maximum atomic E-state index is 13.0. The van der Waals surface area contributed by atoms with Gasteiger partial charge in [-0.2, -0.15) is 0 Å². The van der Waals surface area contributed by atoms with Crippen LogP contribution in [0.2, 0.25) is 0 Å². The first-order valence-corrected chi connectivity index (χ1v) is 8.04. The lowest BCUT2D eigenvalue weighted by molar-refractivity contribution is -0.120. The Morgan fingerprint density at radius 2 is 1.70 bits per heavy atom. The highest BCUT2D eigenvalue weighted by Crippen LogP contribution is 2.35. The van der Waals surface area contributed by atoms with Gasteiger partial charge in [-0.3, -0.25) is 9.69 Å². The predicted octanol–water partition coefficient (Wildman–Crippen LogP) is 2.92. The van der Waals surface area contributed by atoms with Crippen molar-refractivity contribution in [3.05, 3.63) is 66.0 Å². The third-order valence-corrected chi connectivity index (χ3v) is 4.90. The molecule has 0 unspecified atom stereocenters. The van der Waals surface area contributed by atoms with E-state index in [9.17, 15) is 9.18 Å². The van der Waals surface area contributed by atoms with Crippen molar-refractivity contribution in [3.63, 3.8) is 0 Å². The van der Waals surface area contributed by atoms with Crippen LogP contribution in [-0.4, -0.2) is 30.4 Å². The topological polar surface area (TPSA) is 23.6 Å². The van der Waals surface area contributed by atoms with Crippen molar-refractivity contribution in [2.45, 2.75) is 6.54 Å². The number of halogens is 1. The largest absolute Gasteiger partial charge is 0.312 e. The zero-order valence-corrected chi connectivity index (χ0v) is 12.9. The second kappa shape index (κ2) is 5.78. The van der Waals surface area contributed by atoms with Crippen molar-refractivity contribution in [1.82, 2.24) is 4.90 Å². The number of amides is 1. The summed E-state index contributed by atoms with van der Waals surface area (Å²) in [7, 11) is 0. The molecule has 0 saturated carbocycles. The van der Waals surface area contributed by atoms with Crippen LogP contribution in [0.15, 0.2) is 54.6 Å². The fraction of sp³-hybridized carbons (Fsp3) is 0.316. The Morgan fingerprint density at radius 3 is 2.39 bits per heavy atom. The van der Waals surface area contributed by atoms with Crippen LogP contribution < -0.4 is 4.90 Å². The van der Waals surface area contributed by atoms with Gasteiger partial charge >= 0.3 is 0 Å². The van der Waals surface area contributed by atoms with Crippen LogP contribution in [-0.2, 0) is 11.3 Å². The molecule has 4 rings (SSSR count). The van der Waals surface area contributed by atoms with Gasteiger partial charge in [-0.15, -0.1) is 0 Å². The molecule has 118 valence electrons. The minimum Gasteiger partial charge on any atom is -0.312 e. The third kappa shape index (κ3) is 2.75. The van der Waals surface area contributed by atoms with E-state index in [-0.39, 0.29) is 17.6 Å². The van der Waals surface area contributed by atoms with Gasteiger partial charge in [0.25, 0.3) is 0 Å². The van der Waals surface area contributed by atoms with Crippen molar-refractivity contribution < 1.29 is 9.18 Å². The number of para-hydroxylation sites is 1. The van der Waals surface area contributed by atoms with Gasteiger partial charge < -0.3 is 4.90 Å². The Bertz CT molecular complexity index is 701. The zero-order chi connectivity index (χ0) is 15.8. The molecule has 2 aromatic carbocycles. The number of hydrogen-bond donors (Lipinski definition) is 0. The number of carbonyl (C=O) groups is 1. The quantitative estimate of drug-likeness (QED) is 0.870. The molecular formula is C19H19FN2O. The van der Waals surface area contributed by atoms with Crippen LogP contribution in [0.5, 0.6) is 0 Å². The van der Waals surface area contributed by atoms with Gasteiger partial charge in [-0.25, -0.2) is 4.39 Å². The van der Waals surface area contributed by atoms with Crippen molar-refractivity contribution in [3.8, 4) is 0 Å². The molecule has 0 spiro atoms. The number of fused-ring (bicyclic) bond motifs is 1. The summed E-state index contributed by atoms with van der Waals surface area (Å²) in [6.45, 7) is 3.31. The molecule has 3 nitrogen and oxygen atoms in total. The van der Waals surface area contributed by atoms with Gasteiger partial charge in [0.15, 0.2) is 0 Å². The Hall–Kier alpha value is -2.20. The van der Waals surface area contributed by atoms with Crippen LogP contribution in [0.4, 0.5) is 10.1 Å². The molecule has 0 aliphatic carbocycles. The summed E-state index contributed by atoms with van der Waals surface area (Å²) in [5.41, 5.74) is 2.09. The first-order valence-electron chi connectivity index (χ1n) is 8.04. The molecular weight excluding hydrogens is 291 g/mol. The van der Waals surface area contributed by atoms with Gasteiger partial charge in [0.05, 0.1) is 5.92 Å². The zero-order valence-electron chi connectivity index (χ0n) is 12.9. The van der Waals surface area contributed by atoms with E-state index in [1.165, 1.54) is 12.1 Å². The van der Waals surface area contributed by atoms with E-state index in [1.54, 1.807) is 0 Å². The summed E-state index contributed by atoms with van der Waals surface area (Å²) in [6, 6.07) is 16.5. The summed E-state index contributed by atoms with van der Waals surface area (Å²) in [6.07, 6.45) is 0. The molecule has 2 saturated heterocycles. The summed E-state index contributed by atoms with van der Waals surface area (Å²) >= 11 is 0. The highest BCUT2D eigenvalue weighted by molar-refractivity contribution is 5.98. The van der Waals surface area contributed by atoms with Crippen LogP contribution in [0.1, 0.15) is 5.56 Å². The molecule has 1 amide bonds. The molecule has 4 heteroatoms. The van der Waals surface area contributed by atoms with Gasteiger partial charge in [0.1, 0.15) is 5.82 Å². The summed E-state index contributed by atoms with van der Waals surface area (Å²) in [5.74, 6) is 0.516. The monoisotopic (exact) mass is 310 g/mol. The highest BCUT2D eigenvalue weighted by Gasteiger charge is 2.46. The summed E-state index contributed by atoms with van der Waals surface area (Å²) in [4.78, 5) is 16.9. The molecule has 0 bridgehead atoms. The second-order valence-electron chi connectivity index (χ2n) is 6.47. The third-order valence-electron chi connectivity index (χ3n) is 4.90. The number of benzene rings is 2. The number of anilines is 1. The molecule has 0 aromatic heterocycles.